The molecule has 0 bridgehead atoms. The molecule has 0 aromatic heterocycles. The molecule has 4 amide bonds. The zero-order valence-corrected chi connectivity index (χ0v) is 9.34. The van der Waals surface area contributed by atoms with E-state index in [0.717, 1.165) is 0 Å². The number of carbonyl (C=O) groups is 3. The van der Waals surface area contributed by atoms with Gasteiger partial charge in [-0.05, 0) is 12.8 Å². The van der Waals surface area contributed by atoms with E-state index in [2.05, 4.69) is 0 Å². The molecular formula is C10H11F3N2O3. The van der Waals surface area contributed by atoms with E-state index in [4.69, 9.17) is 0 Å². The van der Waals surface area contributed by atoms with Gasteiger partial charge in [-0.25, -0.2) is 4.79 Å². The van der Waals surface area contributed by atoms with Gasteiger partial charge in [0.25, 0.3) is 0 Å². The molecule has 1 aliphatic heterocycles. The van der Waals surface area contributed by atoms with Crippen molar-refractivity contribution in [3.05, 3.63) is 0 Å². The lowest BCUT2D eigenvalue weighted by atomic mass is 9.82. The minimum atomic E-state index is -4.67. The van der Waals surface area contributed by atoms with Crippen LogP contribution in [0.5, 0.6) is 0 Å². The van der Waals surface area contributed by atoms with E-state index in [-0.39, 0.29) is 17.7 Å². The number of halogens is 3. The van der Waals surface area contributed by atoms with Crippen molar-refractivity contribution in [2.24, 2.45) is 5.41 Å². The molecule has 8 heteroatoms. The van der Waals surface area contributed by atoms with Crippen molar-refractivity contribution < 1.29 is 27.6 Å². The summed E-state index contributed by atoms with van der Waals surface area (Å²) in [5, 5.41) is 1.84. The molecule has 2 fully saturated rings. The second-order valence-corrected chi connectivity index (χ2v) is 4.55. The quantitative estimate of drug-likeness (QED) is 0.723. The normalized spacial score (nSPS) is 23.7. The van der Waals surface area contributed by atoms with Gasteiger partial charge in [-0.1, -0.05) is 12.8 Å². The van der Waals surface area contributed by atoms with Crippen LogP contribution in [0.1, 0.15) is 25.7 Å². The summed E-state index contributed by atoms with van der Waals surface area (Å²) in [6, 6.07) is -1.29. The Hall–Kier alpha value is -1.60. The fourth-order valence-corrected chi connectivity index (χ4v) is 2.47. The Labute approximate surface area is 100 Å². The number of barbiturate groups is 1. The molecular weight excluding hydrogens is 253 g/mol. The zero-order chi connectivity index (χ0) is 13.6. The number of nitrogens with one attached hydrogen (secondary N) is 1. The lowest BCUT2D eigenvalue weighted by Crippen LogP contribution is -2.64. The molecule has 1 saturated heterocycles. The first-order valence-corrected chi connectivity index (χ1v) is 5.50. The highest BCUT2D eigenvalue weighted by atomic mass is 19.4. The van der Waals surface area contributed by atoms with Crippen LogP contribution in [0.25, 0.3) is 0 Å². The minimum absolute atomic E-state index is 0.0900. The van der Waals surface area contributed by atoms with E-state index >= 15 is 0 Å². The number of hydrogen-bond acceptors (Lipinski definition) is 3. The molecule has 0 atom stereocenters. The van der Waals surface area contributed by atoms with E-state index in [1.54, 1.807) is 0 Å². The molecule has 1 spiro atoms. The molecule has 0 aromatic rings. The van der Waals surface area contributed by atoms with Gasteiger partial charge in [-0.2, -0.15) is 13.2 Å². The number of alkyl halides is 3. The highest BCUT2D eigenvalue weighted by Gasteiger charge is 2.56. The van der Waals surface area contributed by atoms with Crippen molar-refractivity contribution >= 4 is 17.8 Å². The van der Waals surface area contributed by atoms with Gasteiger partial charge in [0.15, 0.2) is 0 Å². The Morgan fingerprint density at radius 2 is 1.72 bits per heavy atom. The van der Waals surface area contributed by atoms with Crippen LogP contribution in [0.4, 0.5) is 18.0 Å². The molecule has 0 unspecified atom stereocenters. The second kappa shape index (κ2) is 3.96. The van der Waals surface area contributed by atoms with Gasteiger partial charge in [0.05, 0.1) is 0 Å². The molecule has 100 valence electrons. The van der Waals surface area contributed by atoms with Crippen LogP contribution in [-0.4, -0.2) is 35.5 Å². The van der Waals surface area contributed by atoms with Gasteiger partial charge in [0.1, 0.15) is 12.0 Å². The predicted molar refractivity (Wildman–Crippen MR) is 52.2 cm³/mol. The summed E-state index contributed by atoms with van der Waals surface area (Å²) in [5.41, 5.74) is -1.47. The largest absolute Gasteiger partial charge is 0.406 e. The Morgan fingerprint density at radius 3 is 2.22 bits per heavy atom. The summed E-state index contributed by atoms with van der Waals surface area (Å²) < 4.78 is 36.9. The van der Waals surface area contributed by atoms with Crippen LogP contribution in [0.15, 0.2) is 0 Å². The summed E-state index contributed by atoms with van der Waals surface area (Å²) in [7, 11) is 0. The van der Waals surface area contributed by atoms with Crippen molar-refractivity contribution in [1.29, 1.82) is 0 Å². The molecule has 18 heavy (non-hydrogen) atoms. The lowest BCUT2D eigenvalue weighted by Gasteiger charge is -2.36. The van der Waals surface area contributed by atoms with Crippen molar-refractivity contribution in [2.45, 2.75) is 31.9 Å². The molecule has 1 saturated carbocycles. The highest BCUT2D eigenvalue weighted by Crippen LogP contribution is 2.42. The van der Waals surface area contributed by atoms with E-state index in [0.29, 0.717) is 12.8 Å². The van der Waals surface area contributed by atoms with Crippen LogP contribution in [0.2, 0.25) is 0 Å². The maximum absolute atomic E-state index is 12.3. The number of urea groups is 1. The van der Waals surface area contributed by atoms with Crippen LogP contribution in [0.3, 0.4) is 0 Å². The van der Waals surface area contributed by atoms with Crippen LogP contribution >= 0.6 is 0 Å². The fourth-order valence-electron chi connectivity index (χ4n) is 2.47. The molecule has 1 aliphatic carbocycles. The molecule has 2 aliphatic rings. The third-order valence-corrected chi connectivity index (χ3v) is 3.35. The highest BCUT2D eigenvalue weighted by molar-refractivity contribution is 6.19. The molecule has 0 aromatic carbocycles. The Morgan fingerprint density at radius 1 is 1.17 bits per heavy atom. The van der Waals surface area contributed by atoms with E-state index in [1.807, 2.05) is 5.32 Å². The monoisotopic (exact) mass is 264 g/mol. The first kappa shape index (κ1) is 12.8. The van der Waals surface area contributed by atoms with Gasteiger partial charge in [0, 0.05) is 0 Å². The van der Waals surface area contributed by atoms with Gasteiger partial charge in [0.2, 0.25) is 11.8 Å². The molecule has 1 heterocycles. The van der Waals surface area contributed by atoms with Gasteiger partial charge in [-0.15, -0.1) is 0 Å². The maximum Gasteiger partial charge on any atom is 0.406 e. The van der Waals surface area contributed by atoms with Crippen LogP contribution in [0, 0.1) is 5.41 Å². The summed E-state index contributed by atoms with van der Waals surface area (Å²) in [5.74, 6) is -1.79. The smallest absolute Gasteiger partial charge is 0.277 e. The third kappa shape index (κ3) is 1.95. The van der Waals surface area contributed by atoms with Crippen molar-refractivity contribution in [2.75, 3.05) is 6.54 Å². The maximum atomic E-state index is 12.3. The topological polar surface area (TPSA) is 66.5 Å². The summed E-state index contributed by atoms with van der Waals surface area (Å²) in [4.78, 5) is 35.1. The molecule has 2 rings (SSSR count). The average molecular weight is 264 g/mol. The average Bonchev–Trinajstić information content (AvgIpc) is 2.71. The van der Waals surface area contributed by atoms with Gasteiger partial charge < -0.3 is 0 Å². The third-order valence-electron chi connectivity index (χ3n) is 3.35. The number of rotatable bonds is 1. The Bertz CT molecular complexity index is 413. The van der Waals surface area contributed by atoms with Crippen LogP contribution in [-0.2, 0) is 9.59 Å². The zero-order valence-electron chi connectivity index (χ0n) is 9.34. The minimum Gasteiger partial charge on any atom is -0.277 e. The molecule has 5 nitrogen and oxygen atoms in total. The number of amides is 4. The number of imide groups is 2. The van der Waals surface area contributed by atoms with E-state index in [1.165, 1.54) is 0 Å². The fraction of sp³-hybridized carbons (Fsp3) is 0.700. The number of carbonyl (C=O) groups excluding carboxylic acids is 3. The Kier molecular flexibility index (Phi) is 2.83. The lowest BCUT2D eigenvalue weighted by molar-refractivity contribution is -0.167. The first-order valence-electron chi connectivity index (χ1n) is 5.50. The molecule has 1 N–H and O–H groups in total. The van der Waals surface area contributed by atoms with Crippen molar-refractivity contribution in [3.8, 4) is 0 Å². The summed E-state index contributed by atoms with van der Waals surface area (Å²) >= 11 is 0. The van der Waals surface area contributed by atoms with Gasteiger partial charge >= 0.3 is 12.2 Å². The predicted octanol–water partition coefficient (Wildman–Crippen LogP) is 1.19. The van der Waals surface area contributed by atoms with Gasteiger partial charge in [-0.3, -0.25) is 19.8 Å². The number of hydrogen-bond donors (Lipinski definition) is 1. The molecule has 0 radical (unpaired) electrons. The standard InChI is InChI=1S/C10H11F3N2O3/c11-10(12,13)5-15-7(17)9(3-1-2-4-9)6(16)14-8(15)18/h1-5H2,(H,14,16,18). The Balaban J connectivity index is 2.29. The summed E-state index contributed by atoms with van der Waals surface area (Å²) in [6.07, 6.45) is -3.10. The SMILES string of the molecule is O=C1NC(=O)C2(CCCC2)C(=O)N1CC(F)(F)F. The number of nitrogens with zero attached hydrogens (tertiary/aromatic N) is 1. The van der Waals surface area contributed by atoms with Crippen molar-refractivity contribution in [1.82, 2.24) is 10.2 Å². The summed E-state index contributed by atoms with van der Waals surface area (Å²) in [6.45, 7) is -1.66. The van der Waals surface area contributed by atoms with Crippen molar-refractivity contribution in [3.63, 3.8) is 0 Å². The van der Waals surface area contributed by atoms with Crippen LogP contribution < -0.4 is 5.32 Å². The first-order chi connectivity index (χ1) is 8.26. The van der Waals surface area contributed by atoms with E-state index in [9.17, 15) is 27.6 Å². The second-order valence-electron chi connectivity index (χ2n) is 4.55. The van der Waals surface area contributed by atoms with E-state index < -0.39 is 36.0 Å².